The molecule has 0 saturated heterocycles. The SMILES string of the molecule is CC(C)CCC[C@@H](C)[C@H]1CC[C@H]2[C@@H]3CC[C@H]4C[C@@H](OC(=O)C(F)C(F)(F)C(F)(F)C(F)(F)C(F)(F)C(F)(F)C(F)(F)F)CC[C@]4(C)[C@H]3CC[C@]12C. The van der Waals surface area contributed by atoms with E-state index in [4.69, 9.17) is 0 Å². The molecular formula is C35H48F14O2. The molecule has 0 aromatic rings. The summed E-state index contributed by atoms with van der Waals surface area (Å²) in [4.78, 5) is 12.3. The Labute approximate surface area is 289 Å². The van der Waals surface area contributed by atoms with E-state index < -0.39 is 54.0 Å². The lowest BCUT2D eigenvalue weighted by Crippen LogP contribution is -2.71. The van der Waals surface area contributed by atoms with Crippen LogP contribution in [0.2, 0.25) is 0 Å². The van der Waals surface area contributed by atoms with E-state index >= 15 is 0 Å². The highest BCUT2D eigenvalue weighted by atomic mass is 19.4. The van der Waals surface area contributed by atoms with Crippen molar-refractivity contribution in [2.45, 2.75) is 160 Å². The van der Waals surface area contributed by atoms with Crippen LogP contribution in [0.1, 0.15) is 112 Å². The van der Waals surface area contributed by atoms with Gasteiger partial charge < -0.3 is 4.74 Å². The van der Waals surface area contributed by atoms with Crippen LogP contribution >= 0.6 is 0 Å². The van der Waals surface area contributed by atoms with Crippen molar-refractivity contribution in [2.75, 3.05) is 0 Å². The van der Waals surface area contributed by atoms with E-state index in [0.717, 1.165) is 32.1 Å². The van der Waals surface area contributed by atoms with Crippen molar-refractivity contribution in [3.8, 4) is 0 Å². The number of carbonyl (C=O) groups is 1. The first-order chi connectivity index (χ1) is 23.0. The summed E-state index contributed by atoms with van der Waals surface area (Å²) in [5.41, 5.74) is -0.112. The summed E-state index contributed by atoms with van der Waals surface area (Å²) < 4.78 is 195. The molecule has 0 aliphatic heterocycles. The molecule has 0 aromatic heterocycles. The van der Waals surface area contributed by atoms with Gasteiger partial charge in [0, 0.05) is 0 Å². The zero-order valence-electron chi connectivity index (χ0n) is 29.3. The third-order valence-corrected chi connectivity index (χ3v) is 13.6. The lowest BCUT2D eigenvalue weighted by atomic mass is 9.44. The van der Waals surface area contributed by atoms with Crippen molar-refractivity contribution in [1.82, 2.24) is 0 Å². The van der Waals surface area contributed by atoms with Crippen LogP contribution in [0.3, 0.4) is 0 Å². The quantitative estimate of drug-likeness (QED) is 0.146. The number of fused-ring (bicyclic) bond motifs is 5. The Balaban J connectivity index is 1.42. The van der Waals surface area contributed by atoms with Gasteiger partial charge in [0.15, 0.2) is 0 Å². The van der Waals surface area contributed by atoms with Crippen molar-refractivity contribution >= 4 is 5.97 Å². The zero-order chi connectivity index (χ0) is 39.0. The zero-order valence-corrected chi connectivity index (χ0v) is 29.3. The van der Waals surface area contributed by atoms with Crippen LogP contribution in [0.4, 0.5) is 61.5 Å². The molecule has 16 heteroatoms. The molecule has 4 saturated carbocycles. The number of rotatable bonds is 12. The van der Waals surface area contributed by atoms with Gasteiger partial charge in [-0.05, 0) is 110 Å². The van der Waals surface area contributed by atoms with Gasteiger partial charge in [0.05, 0.1) is 0 Å². The summed E-state index contributed by atoms with van der Waals surface area (Å²) in [6, 6.07) is 0. The number of esters is 1. The highest BCUT2D eigenvalue weighted by Gasteiger charge is 2.92. The summed E-state index contributed by atoms with van der Waals surface area (Å²) >= 11 is 0. The Morgan fingerprint density at radius 2 is 1.24 bits per heavy atom. The van der Waals surface area contributed by atoms with Gasteiger partial charge in [-0.2, -0.15) is 57.1 Å². The van der Waals surface area contributed by atoms with E-state index in [-0.39, 0.29) is 35.5 Å². The first-order valence-electron chi connectivity index (χ1n) is 17.8. The Kier molecular flexibility index (Phi) is 11.3. The van der Waals surface area contributed by atoms with Crippen LogP contribution in [0, 0.1) is 52.3 Å². The van der Waals surface area contributed by atoms with Crippen LogP contribution < -0.4 is 0 Å². The summed E-state index contributed by atoms with van der Waals surface area (Å²) in [5.74, 6) is -39.4. The Morgan fingerprint density at radius 3 is 1.80 bits per heavy atom. The van der Waals surface area contributed by atoms with Crippen molar-refractivity contribution in [3.63, 3.8) is 0 Å². The molecule has 0 bridgehead atoms. The van der Waals surface area contributed by atoms with Crippen molar-refractivity contribution < 1.29 is 71.0 Å². The van der Waals surface area contributed by atoms with E-state index in [1.807, 2.05) is 0 Å². The normalized spacial score (nSPS) is 35.1. The van der Waals surface area contributed by atoms with Gasteiger partial charge in [-0.15, -0.1) is 0 Å². The average Bonchev–Trinajstić information content (AvgIpc) is 3.36. The smallest absolute Gasteiger partial charge is 0.460 e. The number of carbonyl (C=O) groups excluding carboxylic acids is 1. The molecule has 4 aliphatic carbocycles. The molecule has 4 aliphatic rings. The minimum atomic E-state index is -8.18. The number of ether oxygens (including phenoxy) is 1. The maximum atomic E-state index is 14.6. The molecule has 0 radical (unpaired) electrons. The van der Waals surface area contributed by atoms with Gasteiger partial charge in [-0.3, -0.25) is 0 Å². The molecule has 298 valence electrons. The molecule has 0 amide bonds. The monoisotopic (exact) mass is 766 g/mol. The standard InChI is InChI=1S/C35H48F14O2/c1-18(2)7-6-8-19(3)23-11-12-24-22-10-9-20-17-21(13-15-28(20,4)25(22)14-16-29(23,24)5)51-27(50)26(36)30(37,38)31(39,40)32(41,42)33(43,44)34(45,46)35(47,48)49/h18-26H,6-17H2,1-5H3/t19-,20+,21+,22+,23-,24+,25+,26?,28+,29-/m1/s1. The fraction of sp³-hybridized carbons (Fsp3) is 0.971. The largest absolute Gasteiger partial charge is 0.460 e. The van der Waals surface area contributed by atoms with Gasteiger partial charge in [0.25, 0.3) is 6.17 Å². The Hall–Kier alpha value is -1.51. The molecule has 0 spiro atoms. The van der Waals surface area contributed by atoms with Gasteiger partial charge in [0.1, 0.15) is 6.10 Å². The second kappa shape index (κ2) is 13.7. The molecular weight excluding hydrogens is 718 g/mol. The van der Waals surface area contributed by atoms with Crippen molar-refractivity contribution in [2.24, 2.45) is 52.3 Å². The van der Waals surface area contributed by atoms with Crippen LogP contribution in [0.25, 0.3) is 0 Å². The summed E-state index contributed by atoms with van der Waals surface area (Å²) in [6.45, 7) is 11.3. The summed E-state index contributed by atoms with van der Waals surface area (Å²) in [6.07, 6.45) is -4.52. The van der Waals surface area contributed by atoms with Gasteiger partial charge in [-0.1, -0.05) is 53.9 Å². The second-order valence-corrected chi connectivity index (χ2v) is 16.8. The molecule has 4 rings (SSSR count). The first kappa shape index (κ1) is 42.2. The number of hydrogen-bond acceptors (Lipinski definition) is 2. The lowest BCUT2D eigenvalue weighted by molar-refractivity contribution is -0.442. The van der Waals surface area contributed by atoms with Crippen LogP contribution in [0.5, 0.6) is 0 Å². The molecule has 1 unspecified atom stereocenters. The predicted molar refractivity (Wildman–Crippen MR) is 159 cm³/mol. The highest BCUT2D eigenvalue weighted by Crippen LogP contribution is 2.69. The molecule has 2 nitrogen and oxygen atoms in total. The predicted octanol–water partition coefficient (Wildman–Crippen LogP) is 12.1. The second-order valence-electron chi connectivity index (χ2n) is 16.8. The van der Waals surface area contributed by atoms with Gasteiger partial charge >= 0.3 is 41.8 Å². The van der Waals surface area contributed by atoms with Crippen LogP contribution in [-0.2, 0) is 9.53 Å². The Bertz CT molecular complexity index is 1250. The van der Waals surface area contributed by atoms with E-state index in [9.17, 15) is 66.3 Å². The molecule has 0 N–H and O–H groups in total. The number of alkyl halides is 14. The van der Waals surface area contributed by atoms with Crippen molar-refractivity contribution in [1.29, 1.82) is 0 Å². The van der Waals surface area contributed by atoms with Gasteiger partial charge in [0.2, 0.25) is 0 Å². The maximum absolute atomic E-state index is 14.6. The van der Waals surface area contributed by atoms with E-state index in [2.05, 4.69) is 39.4 Å². The Morgan fingerprint density at radius 1 is 0.686 bits per heavy atom. The third kappa shape index (κ3) is 6.66. The average molecular weight is 767 g/mol. The lowest BCUT2D eigenvalue weighted by Gasteiger charge is -2.61. The minimum Gasteiger partial charge on any atom is -0.460 e. The molecule has 51 heavy (non-hydrogen) atoms. The molecule has 10 atom stereocenters. The van der Waals surface area contributed by atoms with Crippen molar-refractivity contribution in [3.05, 3.63) is 0 Å². The molecule has 0 aromatic carbocycles. The summed E-state index contributed by atoms with van der Waals surface area (Å²) in [5, 5.41) is 0. The fourth-order valence-corrected chi connectivity index (χ4v) is 10.7. The minimum absolute atomic E-state index is 0.0103. The number of halogens is 14. The topological polar surface area (TPSA) is 26.3 Å². The van der Waals surface area contributed by atoms with Crippen LogP contribution in [0.15, 0.2) is 0 Å². The van der Waals surface area contributed by atoms with Gasteiger partial charge in [-0.25, -0.2) is 9.18 Å². The maximum Gasteiger partial charge on any atom is 0.460 e. The summed E-state index contributed by atoms with van der Waals surface area (Å²) in [7, 11) is 0. The van der Waals surface area contributed by atoms with E-state index in [1.54, 1.807) is 0 Å². The van der Waals surface area contributed by atoms with E-state index in [0.29, 0.717) is 42.4 Å². The molecule has 4 fully saturated rings. The van der Waals surface area contributed by atoms with E-state index in [1.165, 1.54) is 19.3 Å². The highest BCUT2D eigenvalue weighted by molar-refractivity contribution is 5.76. The number of hydrogen-bond donors (Lipinski definition) is 0. The fourth-order valence-electron chi connectivity index (χ4n) is 10.7. The van der Waals surface area contributed by atoms with Crippen LogP contribution in [-0.4, -0.2) is 54.0 Å². The molecule has 0 heterocycles. The third-order valence-electron chi connectivity index (χ3n) is 13.6. The first-order valence-corrected chi connectivity index (χ1v) is 17.8.